The fourth-order valence-corrected chi connectivity index (χ4v) is 2.49. The Kier molecular flexibility index (Phi) is 5.07. The summed E-state index contributed by atoms with van der Waals surface area (Å²) in [7, 11) is 0. The maximum absolute atomic E-state index is 13.5. The van der Waals surface area contributed by atoms with E-state index in [2.05, 4.69) is 10.2 Å². The molecule has 0 fully saturated rings. The minimum atomic E-state index is -5.03. The molecule has 13 heteroatoms. The van der Waals surface area contributed by atoms with Gasteiger partial charge in [0.25, 0.3) is 5.91 Å². The van der Waals surface area contributed by atoms with Gasteiger partial charge in [-0.15, -0.1) is 0 Å². The molecule has 1 N–H and O–H groups in total. The highest BCUT2D eigenvalue weighted by Crippen LogP contribution is 2.34. The van der Waals surface area contributed by atoms with Gasteiger partial charge in [-0.05, 0) is 18.2 Å². The van der Waals surface area contributed by atoms with Gasteiger partial charge in [0.15, 0.2) is 5.69 Å². The monoisotopic (exact) mass is 421 g/mol. The van der Waals surface area contributed by atoms with Crippen LogP contribution in [0, 0.1) is 5.82 Å². The van der Waals surface area contributed by atoms with Crippen LogP contribution >= 0.6 is 0 Å². The topological polar surface area (TPSA) is 64.7 Å². The second kappa shape index (κ2) is 7.22. The van der Waals surface area contributed by atoms with E-state index in [0.717, 1.165) is 30.6 Å². The summed E-state index contributed by atoms with van der Waals surface area (Å²) in [6.45, 7) is -1.44. The van der Waals surface area contributed by atoms with Crippen molar-refractivity contribution in [3.8, 4) is 5.69 Å². The van der Waals surface area contributed by atoms with Gasteiger partial charge in [0.05, 0.1) is 29.3 Å². The smallest absolute Gasteiger partial charge is 0.319 e. The Balaban J connectivity index is 1.92. The first-order valence-corrected chi connectivity index (χ1v) is 7.76. The minimum Gasteiger partial charge on any atom is -0.319 e. The zero-order valence-corrected chi connectivity index (χ0v) is 14.1. The number of carbonyl (C=O) groups excluding carboxylic acids is 1. The van der Waals surface area contributed by atoms with Gasteiger partial charge in [0.2, 0.25) is 0 Å². The summed E-state index contributed by atoms with van der Waals surface area (Å²) in [6, 6.07) is 4.15. The zero-order chi connectivity index (χ0) is 21.4. The van der Waals surface area contributed by atoms with Crippen molar-refractivity contribution >= 4 is 11.6 Å². The third kappa shape index (κ3) is 4.73. The van der Waals surface area contributed by atoms with E-state index in [9.17, 15) is 35.5 Å². The van der Waals surface area contributed by atoms with E-state index in [1.54, 1.807) is 0 Å². The van der Waals surface area contributed by atoms with Crippen molar-refractivity contribution in [2.45, 2.75) is 18.9 Å². The maximum atomic E-state index is 13.5. The molecule has 154 valence electrons. The van der Waals surface area contributed by atoms with E-state index in [0.29, 0.717) is 15.6 Å². The molecule has 2 aromatic heterocycles. The van der Waals surface area contributed by atoms with Crippen molar-refractivity contribution in [2.75, 3.05) is 5.32 Å². The molecular weight excluding hydrogens is 411 g/mol. The summed E-state index contributed by atoms with van der Waals surface area (Å²) in [5.74, 6) is -2.08. The molecule has 3 rings (SSSR count). The maximum Gasteiger partial charge on any atom is 0.434 e. The fourth-order valence-electron chi connectivity index (χ4n) is 2.49. The number of nitrogens with zero attached hydrogens (tertiary/aromatic N) is 4. The summed E-state index contributed by atoms with van der Waals surface area (Å²) >= 11 is 0. The fraction of sp³-hybridized carbons (Fsp3) is 0.188. The molecule has 0 aliphatic rings. The number of halogens is 7. The van der Waals surface area contributed by atoms with Crippen LogP contribution in [-0.4, -0.2) is 31.6 Å². The predicted octanol–water partition coefficient (Wildman–Crippen LogP) is 4.04. The Morgan fingerprint density at radius 2 is 1.79 bits per heavy atom. The van der Waals surface area contributed by atoms with Crippen LogP contribution in [0.5, 0.6) is 0 Å². The van der Waals surface area contributed by atoms with Gasteiger partial charge in [0.1, 0.15) is 12.4 Å². The van der Waals surface area contributed by atoms with Crippen molar-refractivity contribution < 1.29 is 35.5 Å². The lowest BCUT2D eigenvalue weighted by Crippen LogP contribution is -2.20. The molecule has 0 saturated carbocycles. The van der Waals surface area contributed by atoms with E-state index >= 15 is 0 Å². The molecule has 1 aromatic carbocycles. The highest BCUT2D eigenvalue weighted by Gasteiger charge is 2.40. The number of benzene rings is 1. The third-order valence-corrected chi connectivity index (χ3v) is 3.57. The Labute approximate surface area is 157 Å². The number of aromatic nitrogens is 4. The number of amides is 1. The van der Waals surface area contributed by atoms with Crippen LogP contribution in [0.15, 0.2) is 42.9 Å². The summed E-state index contributed by atoms with van der Waals surface area (Å²) in [5.41, 5.74) is -2.88. The Morgan fingerprint density at radius 1 is 1.07 bits per heavy atom. The van der Waals surface area contributed by atoms with Crippen LogP contribution in [0.3, 0.4) is 0 Å². The van der Waals surface area contributed by atoms with Crippen LogP contribution in [0.4, 0.5) is 36.4 Å². The number of rotatable bonds is 4. The van der Waals surface area contributed by atoms with Gasteiger partial charge < -0.3 is 5.32 Å². The van der Waals surface area contributed by atoms with Gasteiger partial charge in [-0.2, -0.15) is 36.5 Å². The summed E-state index contributed by atoms with van der Waals surface area (Å²) in [4.78, 5) is 12.3. The first-order chi connectivity index (χ1) is 13.4. The molecule has 0 atom stereocenters. The number of hydrogen-bond donors (Lipinski definition) is 1. The molecule has 0 radical (unpaired) electrons. The summed E-state index contributed by atoms with van der Waals surface area (Å²) < 4.78 is 91.8. The lowest BCUT2D eigenvalue weighted by atomic mass is 10.2. The first-order valence-electron chi connectivity index (χ1n) is 7.76. The Morgan fingerprint density at radius 3 is 2.41 bits per heavy atom. The first kappa shape index (κ1) is 20.4. The lowest BCUT2D eigenvalue weighted by molar-refractivity contribution is -0.143. The molecule has 0 bridgehead atoms. The van der Waals surface area contributed by atoms with Crippen LogP contribution in [0.1, 0.15) is 16.1 Å². The number of hydrogen-bond acceptors (Lipinski definition) is 3. The quantitative estimate of drug-likeness (QED) is 0.647. The van der Waals surface area contributed by atoms with Gasteiger partial charge in [-0.25, -0.2) is 9.07 Å². The summed E-state index contributed by atoms with van der Waals surface area (Å²) in [5, 5.41) is 8.93. The second-order valence-electron chi connectivity index (χ2n) is 5.79. The van der Waals surface area contributed by atoms with Gasteiger partial charge in [-0.3, -0.25) is 9.48 Å². The number of nitrogens with one attached hydrogen (secondary N) is 1. The number of alkyl halides is 6. The molecule has 0 saturated heterocycles. The van der Waals surface area contributed by atoms with Crippen molar-refractivity contribution in [3.63, 3.8) is 0 Å². The average Bonchev–Trinajstić information content (AvgIpc) is 3.19. The molecule has 0 unspecified atom stereocenters. The molecular formula is C16H10F7N5O. The molecule has 29 heavy (non-hydrogen) atoms. The normalized spacial score (nSPS) is 12.2. The molecule has 3 aromatic rings. The highest BCUT2D eigenvalue weighted by atomic mass is 19.4. The van der Waals surface area contributed by atoms with Crippen molar-refractivity contribution in [2.24, 2.45) is 0 Å². The SMILES string of the molecule is O=C(Nc1cnn(CC(F)(F)F)c1)c1cnn(-c2cccc(F)c2)c1C(F)(F)F. The Hall–Kier alpha value is -3.38. The zero-order valence-electron chi connectivity index (χ0n) is 14.1. The third-order valence-electron chi connectivity index (χ3n) is 3.57. The van der Waals surface area contributed by atoms with Gasteiger partial charge in [0, 0.05) is 6.20 Å². The summed E-state index contributed by atoms with van der Waals surface area (Å²) in [6.07, 6.45) is -7.30. The second-order valence-corrected chi connectivity index (χ2v) is 5.79. The van der Waals surface area contributed by atoms with E-state index in [1.807, 2.05) is 5.32 Å². The molecule has 0 aliphatic heterocycles. The number of carbonyl (C=O) groups is 1. The highest BCUT2D eigenvalue weighted by molar-refractivity contribution is 6.05. The van der Waals surface area contributed by atoms with E-state index in [4.69, 9.17) is 0 Å². The van der Waals surface area contributed by atoms with Crippen molar-refractivity contribution in [3.05, 3.63) is 59.9 Å². The average molecular weight is 421 g/mol. The number of anilines is 1. The molecule has 2 heterocycles. The van der Waals surface area contributed by atoms with Crippen molar-refractivity contribution in [1.29, 1.82) is 0 Å². The van der Waals surface area contributed by atoms with Gasteiger partial charge in [-0.1, -0.05) is 6.07 Å². The minimum absolute atomic E-state index is 0.245. The van der Waals surface area contributed by atoms with Crippen LogP contribution < -0.4 is 5.32 Å². The van der Waals surface area contributed by atoms with Crippen LogP contribution in [0.25, 0.3) is 5.69 Å². The van der Waals surface area contributed by atoms with E-state index in [1.165, 1.54) is 6.07 Å². The van der Waals surface area contributed by atoms with Crippen LogP contribution in [0.2, 0.25) is 0 Å². The molecule has 1 amide bonds. The van der Waals surface area contributed by atoms with Crippen LogP contribution in [-0.2, 0) is 12.7 Å². The van der Waals surface area contributed by atoms with E-state index < -0.39 is 41.9 Å². The molecule has 6 nitrogen and oxygen atoms in total. The largest absolute Gasteiger partial charge is 0.434 e. The molecule has 0 aliphatic carbocycles. The lowest BCUT2D eigenvalue weighted by Gasteiger charge is -2.12. The van der Waals surface area contributed by atoms with Crippen molar-refractivity contribution in [1.82, 2.24) is 19.6 Å². The standard InChI is InChI=1S/C16H10F7N5O/c17-9-2-1-3-11(4-9)28-13(16(21,22)23)12(6-25-28)14(29)26-10-5-24-27(7-10)8-15(18,19)20/h1-7H,8H2,(H,26,29). The molecule has 0 spiro atoms. The predicted molar refractivity (Wildman–Crippen MR) is 84.8 cm³/mol. The van der Waals surface area contributed by atoms with E-state index in [-0.39, 0.29) is 11.4 Å². The van der Waals surface area contributed by atoms with Gasteiger partial charge >= 0.3 is 12.4 Å². The Bertz CT molecular complexity index is 1030.